The van der Waals surface area contributed by atoms with Crippen molar-refractivity contribution in [2.24, 2.45) is 10.7 Å². The normalized spacial score (nSPS) is 19.5. The Kier molecular flexibility index (Phi) is 5.71. The molecule has 0 bridgehead atoms. The number of nitrogens with zero attached hydrogens (tertiary/aromatic N) is 2. The maximum atomic E-state index is 14.3. The highest BCUT2D eigenvalue weighted by Gasteiger charge is 2.46. The van der Waals surface area contributed by atoms with Crippen molar-refractivity contribution < 1.29 is 22.3 Å². The number of thiocarbonyl (C=S) groups is 1. The summed E-state index contributed by atoms with van der Waals surface area (Å²) in [5, 5.41) is 3.30. The van der Waals surface area contributed by atoms with Crippen LogP contribution in [-0.4, -0.2) is 28.3 Å². The number of nitrogens with two attached hydrogens (primary N) is 1. The van der Waals surface area contributed by atoms with Crippen molar-refractivity contribution in [3.8, 4) is 0 Å². The first-order chi connectivity index (χ1) is 13.1. The number of pyridine rings is 1. The molecule has 1 aromatic carbocycles. The largest absolute Gasteiger partial charge is 0.452 e. The summed E-state index contributed by atoms with van der Waals surface area (Å²) in [6, 6.07) is 5.25. The molecule has 1 aliphatic heterocycles. The molecule has 0 unspecified atom stereocenters. The van der Waals surface area contributed by atoms with E-state index in [4.69, 9.17) is 29.6 Å². The number of aromatic nitrogens is 1. The number of amidine groups is 1. The van der Waals surface area contributed by atoms with Crippen LogP contribution in [0.15, 0.2) is 41.5 Å². The fourth-order valence-corrected chi connectivity index (χ4v) is 2.96. The van der Waals surface area contributed by atoms with Gasteiger partial charge in [-0.15, -0.1) is 0 Å². The molecule has 2 heterocycles. The van der Waals surface area contributed by atoms with E-state index in [2.05, 4.69) is 20.0 Å². The number of benzene rings is 1. The van der Waals surface area contributed by atoms with Crippen molar-refractivity contribution in [1.29, 1.82) is 0 Å². The van der Waals surface area contributed by atoms with Gasteiger partial charge in [-0.2, -0.15) is 13.2 Å². The molecule has 2 atom stereocenters. The van der Waals surface area contributed by atoms with Crippen molar-refractivity contribution in [3.05, 3.63) is 58.6 Å². The van der Waals surface area contributed by atoms with E-state index in [1.54, 1.807) is 12.1 Å². The lowest BCUT2D eigenvalue weighted by molar-refractivity contribution is -0.204. The third kappa shape index (κ3) is 4.68. The first-order valence-corrected chi connectivity index (χ1v) is 8.71. The van der Waals surface area contributed by atoms with Gasteiger partial charge in [-0.05, 0) is 30.3 Å². The average molecular weight is 433 g/mol. The summed E-state index contributed by atoms with van der Waals surface area (Å²) in [4.78, 5) is 8.10. The van der Waals surface area contributed by atoms with Crippen LogP contribution in [0.25, 0.3) is 0 Å². The molecule has 0 amide bonds. The highest BCUT2D eigenvalue weighted by Crippen LogP contribution is 2.37. The molecule has 0 radical (unpaired) electrons. The Morgan fingerprint density at radius 2 is 2.04 bits per heavy atom. The minimum absolute atomic E-state index is 0.0580. The van der Waals surface area contributed by atoms with Crippen LogP contribution in [0.5, 0.6) is 0 Å². The maximum absolute atomic E-state index is 14.3. The second kappa shape index (κ2) is 7.88. The summed E-state index contributed by atoms with van der Waals surface area (Å²) in [6.07, 6.45) is -5.98. The van der Waals surface area contributed by atoms with E-state index in [-0.39, 0.29) is 10.6 Å². The molecule has 0 fully saturated rings. The van der Waals surface area contributed by atoms with E-state index in [9.17, 15) is 17.6 Å². The lowest BCUT2D eigenvalue weighted by Gasteiger charge is -2.29. The molecule has 0 aliphatic carbocycles. The smallest absolute Gasteiger partial charge is 0.425 e. The second-order valence-corrected chi connectivity index (χ2v) is 6.76. The number of anilines is 1. The number of hydrogen-bond acceptors (Lipinski definition) is 5. The van der Waals surface area contributed by atoms with Gasteiger partial charge < -0.3 is 15.8 Å². The van der Waals surface area contributed by atoms with E-state index in [0.717, 1.165) is 6.07 Å². The van der Waals surface area contributed by atoms with Crippen molar-refractivity contribution in [1.82, 2.24) is 4.98 Å². The number of halogens is 5. The third-order valence-electron chi connectivity index (χ3n) is 3.92. The van der Waals surface area contributed by atoms with Crippen LogP contribution in [0.4, 0.5) is 23.2 Å². The van der Waals surface area contributed by atoms with E-state index in [0.29, 0.717) is 16.4 Å². The fraction of sp³-hybridized carbons (Fsp3) is 0.235. The van der Waals surface area contributed by atoms with Crippen LogP contribution in [-0.2, 0) is 4.74 Å². The van der Waals surface area contributed by atoms with Crippen molar-refractivity contribution >= 4 is 40.5 Å². The molecule has 148 valence electrons. The van der Waals surface area contributed by atoms with Crippen LogP contribution in [0.1, 0.15) is 23.7 Å². The molecule has 11 heteroatoms. The Hall–Kier alpha value is -2.46. The summed E-state index contributed by atoms with van der Waals surface area (Å²) in [7, 11) is 0. The topological polar surface area (TPSA) is 72.5 Å². The zero-order valence-electron chi connectivity index (χ0n) is 14.0. The average Bonchev–Trinajstić information content (AvgIpc) is 2.62. The standard InChI is InChI=1S/C17H13ClF4N4OS/c18-8-1-4-12(24-7-8)15(28)25-9-2-3-11(19)10(5-9)13-6-14(17(20,21)22)27-16(23)26-13/h1-5,7,13-14H,6H2,(H2,23,26)(H,25,28)/t13-,14-/m0/s1. The second-order valence-electron chi connectivity index (χ2n) is 5.92. The minimum Gasteiger partial charge on any atom is -0.452 e. The molecular weight excluding hydrogens is 420 g/mol. The first kappa shape index (κ1) is 20.3. The van der Waals surface area contributed by atoms with Gasteiger partial charge in [0, 0.05) is 23.9 Å². The van der Waals surface area contributed by atoms with Gasteiger partial charge in [0.15, 0.2) is 6.10 Å². The van der Waals surface area contributed by atoms with Gasteiger partial charge >= 0.3 is 6.18 Å². The maximum Gasteiger partial charge on any atom is 0.425 e. The van der Waals surface area contributed by atoms with Crippen LogP contribution in [0.2, 0.25) is 5.02 Å². The van der Waals surface area contributed by atoms with Gasteiger partial charge in [-0.3, -0.25) is 4.98 Å². The van der Waals surface area contributed by atoms with Crippen LogP contribution in [0, 0.1) is 5.82 Å². The summed E-state index contributed by atoms with van der Waals surface area (Å²) in [5.74, 6) is -0.717. The summed E-state index contributed by atoms with van der Waals surface area (Å²) < 4.78 is 57.8. The van der Waals surface area contributed by atoms with E-state index < -0.39 is 36.6 Å². The number of rotatable bonds is 3. The fourth-order valence-electron chi connectivity index (χ4n) is 2.61. The van der Waals surface area contributed by atoms with Crippen molar-refractivity contribution in [3.63, 3.8) is 0 Å². The quantitative estimate of drug-likeness (QED) is 0.556. The summed E-state index contributed by atoms with van der Waals surface area (Å²) >= 11 is 11.0. The Labute approximate surface area is 167 Å². The Morgan fingerprint density at radius 3 is 2.68 bits per heavy atom. The number of nitrogens with one attached hydrogen (secondary N) is 1. The zero-order chi connectivity index (χ0) is 20.5. The van der Waals surface area contributed by atoms with E-state index in [1.807, 2.05) is 0 Å². The molecule has 1 aromatic heterocycles. The number of hydrogen-bond donors (Lipinski definition) is 2. The van der Waals surface area contributed by atoms with Gasteiger partial charge in [-0.1, -0.05) is 23.8 Å². The number of ether oxygens (including phenoxy) is 1. The third-order valence-corrected chi connectivity index (χ3v) is 4.46. The van der Waals surface area contributed by atoms with Gasteiger partial charge in [-0.25, -0.2) is 9.38 Å². The van der Waals surface area contributed by atoms with Crippen molar-refractivity contribution in [2.45, 2.75) is 24.7 Å². The Bertz CT molecular complexity index is 920. The monoisotopic (exact) mass is 432 g/mol. The minimum atomic E-state index is -4.65. The van der Waals surface area contributed by atoms with E-state index in [1.165, 1.54) is 18.3 Å². The van der Waals surface area contributed by atoms with Crippen LogP contribution < -0.4 is 11.1 Å². The molecule has 0 saturated heterocycles. The Morgan fingerprint density at radius 1 is 1.29 bits per heavy atom. The molecular formula is C17H13ClF4N4OS. The summed E-state index contributed by atoms with van der Waals surface area (Å²) in [6.45, 7) is 0. The van der Waals surface area contributed by atoms with Gasteiger partial charge in [0.2, 0.25) is 0 Å². The molecule has 0 spiro atoms. The summed E-state index contributed by atoms with van der Waals surface area (Å²) in [5.41, 5.74) is 6.09. The lowest BCUT2D eigenvalue weighted by atomic mass is 9.98. The van der Waals surface area contributed by atoms with E-state index >= 15 is 0 Å². The predicted octanol–water partition coefficient (Wildman–Crippen LogP) is 4.37. The Balaban J connectivity index is 1.84. The van der Waals surface area contributed by atoms with Crippen molar-refractivity contribution in [2.75, 3.05) is 5.32 Å². The SMILES string of the molecule is NC1=N[C@H](c2cc(NC(=S)c3ccc(Cl)cn3)ccc2F)C[C@@H](C(F)(F)F)O1. The molecule has 0 saturated carbocycles. The molecule has 1 aliphatic rings. The number of alkyl halides is 3. The van der Waals surface area contributed by atoms with Gasteiger partial charge in [0.25, 0.3) is 6.02 Å². The molecule has 2 aromatic rings. The molecule has 28 heavy (non-hydrogen) atoms. The van der Waals surface area contributed by atoms with Gasteiger partial charge in [0.1, 0.15) is 10.8 Å². The number of aliphatic imine (C=N–C) groups is 1. The highest BCUT2D eigenvalue weighted by atomic mass is 35.5. The first-order valence-electron chi connectivity index (χ1n) is 7.92. The lowest BCUT2D eigenvalue weighted by Crippen LogP contribution is -2.40. The van der Waals surface area contributed by atoms with Crippen LogP contribution in [0.3, 0.4) is 0 Å². The zero-order valence-corrected chi connectivity index (χ0v) is 15.6. The molecule has 3 rings (SSSR count). The van der Waals surface area contributed by atoms with Crippen LogP contribution >= 0.6 is 23.8 Å². The van der Waals surface area contributed by atoms with Gasteiger partial charge in [0.05, 0.1) is 16.8 Å². The molecule has 3 N–H and O–H groups in total. The molecule has 5 nitrogen and oxygen atoms in total. The predicted molar refractivity (Wildman–Crippen MR) is 101 cm³/mol. The highest BCUT2D eigenvalue weighted by molar-refractivity contribution is 7.81.